The molecule has 0 spiro atoms. The highest BCUT2D eigenvalue weighted by atomic mass is 35.5. The molecule has 0 fully saturated rings. The van der Waals surface area contributed by atoms with Crippen LogP contribution >= 0.6 is 34.5 Å². The summed E-state index contributed by atoms with van der Waals surface area (Å²) >= 11 is 13.1. The number of thiophene rings is 1. The number of hydrogen-bond donors (Lipinski definition) is 2. The van der Waals surface area contributed by atoms with E-state index in [4.69, 9.17) is 28.3 Å². The van der Waals surface area contributed by atoms with Gasteiger partial charge in [-0.2, -0.15) is 0 Å². The van der Waals surface area contributed by atoms with Crippen molar-refractivity contribution >= 4 is 46.1 Å². The number of halogens is 2. The van der Waals surface area contributed by atoms with Gasteiger partial charge in [-0.25, -0.2) is 0 Å². The Morgan fingerprint density at radius 1 is 1.29 bits per heavy atom. The maximum atomic E-state index is 12.1. The third-order valence-electron chi connectivity index (χ3n) is 2.49. The van der Waals surface area contributed by atoms with Gasteiger partial charge in [0.05, 0.1) is 27.1 Å². The third-order valence-corrected chi connectivity index (χ3v) is 4.07. The summed E-state index contributed by atoms with van der Waals surface area (Å²) in [4.78, 5) is 12.9. The summed E-state index contributed by atoms with van der Waals surface area (Å²) < 4.78 is 0. The molecule has 6 heteroatoms. The number of carbonyl (C=O) groups excluding carboxylic acids is 1. The molecule has 0 saturated carbocycles. The van der Waals surface area contributed by atoms with E-state index in [0.717, 1.165) is 4.88 Å². The van der Waals surface area contributed by atoms with Crippen molar-refractivity contribution in [1.29, 1.82) is 0 Å². The van der Waals surface area contributed by atoms with Gasteiger partial charge in [0.1, 0.15) is 0 Å². The molecule has 1 amide bonds. The predicted molar refractivity (Wildman–Crippen MR) is 87.3 cm³/mol. The fourth-order valence-electron chi connectivity index (χ4n) is 1.50. The maximum Gasteiger partial charge on any atom is 0.256 e. The lowest BCUT2D eigenvalue weighted by Crippen LogP contribution is -2.10. The standard InChI is InChI=1S/C15H11Cl2NO2S/c16-13-5-4-11(8-14(13)17)18-15(20)10-7-12(21-9-10)3-1-2-6-19/h4-5,7-9,19H,2,6H2,(H,18,20). The number of nitrogens with one attached hydrogen (secondary N) is 1. The van der Waals surface area contributed by atoms with Crippen LogP contribution in [-0.2, 0) is 0 Å². The Bertz CT molecular complexity index is 716. The van der Waals surface area contributed by atoms with Gasteiger partial charge in [0.15, 0.2) is 0 Å². The highest BCUT2D eigenvalue weighted by Gasteiger charge is 2.09. The average Bonchev–Trinajstić information content (AvgIpc) is 2.92. The first-order valence-corrected chi connectivity index (χ1v) is 7.68. The van der Waals surface area contributed by atoms with Crippen LogP contribution in [0.2, 0.25) is 10.0 Å². The summed E-state index contributed by atoms with van der Waals surface area (Å²) in [6.07, 6.45) is 0.419. The van der Waals surface area contributed by atoms with E-state index in [0.29, 0.717) is 27.7 Å². The van der Waals surface area contributed by atoms with Gasteiger partial charge >= 0.3 is 0 Å². The molecule has 0 saturated heterocycles. The van der Waals surface area contributed by atoms with Crippen molar-refractivity contribution < 1.29 is 9.90 Å². The zero-order chi connectivity index (χ0) is 15.2. The molecule has 0 aliphatic heterocycles. The highest BCUT2D eigenvalue weighted by Crippen LogP contribution is 2.25. The molecule has 108 valence electrons. The SMILES string of the molecule is O=C(Nc1ccc(Cl)c(Cl)c1)c1csc(C#CCCO)c1. The summed E-state index contributed by atoms with van der Waals surface area (Å²) in [5, 5.41) is 14.0. The Kier molecular flexibility index (Phi) is 5.66. The van der Waals surface area contributed by atoms with E-state index in [2.05, 4.69) is 17.2 Å². The van der Waals surface area contributed by atoms with Gasteiger partial charge in [0, 0.05) is 17.5 Å². The van der Waals surface area contributed by atoms with E-state index < -0.39 is 0 Å². The normalized spacial score (nSPS) is 9.86. The van der Waals surface area contributed by atoms with Crippen molar-refractivity contribution in [3.05, 3.63) is 50.1 Å². The van der Waals surface area contributed by atoms with Crippen molar-refractivity contribution in [2.45, 2.75) is 6.42 Å². The number of anilines is 1. The first kappa shape index (κ1) is 15.9. The van der Waals surface area contributed by atoms with Crippen molar-refractivity contribution in [1.82, 2.24) is 0 Å². The summed E-state index contributed by atoms with van der Waals surface area (Å²) in [7, 11) is 0. The second-order valence-corrected chi connectivity index (χ2v) is 5.78. The number of benzene rings is 1. The predicted octanol–water partition coefficient (Wildman–Crippen LogP) is 4.04. The summed E-state index contributed by atoms with van der Waals surface area (Å²) in [6.45, 7) is 0.0308. The van der Waals surface area contributed by atoms with Crippen LogP contribution in [0.4, 0.5) is 5.69 Å². The van der Waals surface area contributed by atoms with Gasteiger partial charge in [-0.15, -0.1) is 11.3 Å². The molecule has 0 aliphatic carbocycles. The van der Waals surface area contributed by atoms with Crippen LogP contribution in [0.3, 0.4) is 0 Å². The minimum Gasteiger partial charge on any atom is -0.395 e. The van der Waals surface area contributed by atoms with Crippen molar-refractivity contribution in [3.63, 3.8) is 0 Å². The molecule has 0 unspecified atom stereocenters. The monoisotopic (exact) mass is 339 g/mol. The lowest BCUT2D eigenvalue weighted by atomic mass is 10.2. The van der Waals surface area contributed by atoms with E-state index in [-0.39, 0.29) is 12.5 Å². The van der Waals surface area contributed by atoms with Crippen LogP contribution in [0.25, 0.3) is 0 Å². The van der Waals surface area contributed by atoms with Crippen LogP contribution < -0.4 is 5.32 Å². The quantitative estimate of drug-likeness (QED) is 0.829. The van der Waals surface area contributed by atoms with Crippen molar-refractivity contribution in [2.24, 2.45) is 0 Å². The molecule has 0 bridgehead atoms. The van der Waals surface area contributed by atoms with Crippen LogP contribution in [0, 0.1) is 11.8 Å². The van der Waals surface area contributed by atoms with Crippen LogP contribution in [0.1, 0.15) is 21.7 Å². The zero-order valence-corrected chi connectivity index (χ0v) is 13.1. The smallest absolute Gasteiger partial charge is 0.256 e. The molecular weight excluding hydrogens is 329 g/mol. The van der Waals surface area contributed by atoms with Crippen molar-refractivity contribution in [3.8, 4) is 11.8 Å². The number of hydrogen-bond acceptors (Lipinski definition) is 3. The molecule has 3 nitrogen and oxygen atoms in total. The van der Waals surface area contributed by atoms with E-state index in [9.17, 15) is 4.79 Å². The largest absolute Gasteiger partial charge is 0.395 e. The lowest BCUT2D eigenvalue weighted by Gasteiger charge is -2.04. The Morgan fingerprint density at radius 3 is 2.81 bits per heavy atom. The third kappa shape index (κ3) is 4.48. The fraction of sp³-hybridized carbons (Fsp3) is 0.133. The topological polar surface area (TPSA) is 49.3 Å². The Hall–Kier alpha value is -1.51. The molecule has 0 aliphatic rings. The molecule has 1 aromatic heterocycles. The Morgan fingerprint density at radius 2 is 2.10 bits per heavy atom. The van der Waals surface area contributed by atoms with E-state index in [1.807, 2.05) is 0 Å². The van der Waals surface area contributed by atoms with Crippen molar-refractivity contribution in [2.75, 3.05) is 11.9 Å². The van der Waals surface area contributed by atoms with Crippen LogP contribution in [0.5, 0.6) is 0 Å². The van der Waals surface area contributed by atoms with Crippen LogP contribution in [-0.4, -0.2) is 17.6 Å². The highest BCUT2D eigenvalue weighted by molar-refractivity contribution is 7.10. The molecule has 2 aromatic rings. The second kappa shape index (κ2) is 7.48. The summed E-state index contributed by atoms with van der Waals surface area (Å²) in [6, 6.07) is 6.61. The van der Waals surface area contributed by atoms with Gasteiger partial charge in [-0.1, -0.05) is 35.0 Å². The molecule has 0 radical (unpaired) electrons. The lowest BCUT2D eigenvalue weighted by molar-refractivity contribution is 0.102. The van der Waals surface area contributed by atoms with Gasteiger partial charge in [-0.05, 0) is 24.3 Å². The van der Waals surface area contributed by atoms with Crippen LogP contribution in [0.15, 0.2) is 29.6 Å². The number of aliphatic hydroxyl groups is 1. The Labute approximate surface area is 136 Å². The maximum absolute atomic E-state index is 12.1. The second-order valence-electron chi connectivity index (χ2n) is 4.06. The molecule has 1 aromatic carbocycles. The fourth-order valence-corrected chi connectivity index (χ4v) is 2.56. The summed E-state index contributed by atoms with van der Waals surface area (Å²) in [5.74, 6) is 5.47. The van der Waals surface area contributed by atoms with Gasteiger partial charge in [-0.3, -0.25) is 4.79 Å². The van der Waals surface area contributed by atoms with Gasteiger partial charge in [0.25, 0.3) is 5.91 Å². The van der Waals surface area contributed by atoms with E-state index in [1.54, 1.807) is 29.6 Å². The number of rotatable bonds is 3. The molecule has 21 heavy (non-hydrogen) atoms. The van der Waals surface area contributed by atoms with E-state index >= 15 is 0 Å². The molecule has 2 rings (SSSR count). The number of aliphatic hydroxyl groups excluding tert-OH is 1. The molecule has 0 atom stereocenters. The minimum absolute atomic E-state index is 0.0308. The number of carbonyl (C=O) groups is 1. The molecule has 1 heterocycles. The molecular formula is C15H11Cl2NO2S. The minimum atomic E-state index is -0.236. The van der Waals surface area contributed by atoms with Gasteiger partial charge < -0.3 is 10.4 Å². The number of amides is 1. The molecule has 2 N–H and O–H groups in total. The zero-order valence-electron chi connectivity index (χ0n) is 10.8. The Balaban J connectivity index is 2.07. The summed E-state index contributed by atoms with van der Waals surface area (Å²) in [5.41, 5.74) is 1.10. The first-order chi connectivity index (χ1) is 10.1. The van der Waals surface area contributed by atoms with E-state index in [1.165, 1.54) is 11.3 Å². The first-order valence-electron chi connectivity index (χ1n) is 6.05. The van der Waals surface area contributed by atoms with Gasteiger partial charge in [0.2, 0.25) is 0 Å². The average molecular weight is 340 g/mol.